The second-order valence-corrected chi connectivity index (χ2v) is 30.6. The molecular formula is C80H122N4O4. The number of carbonyl (C=O) groups is 4. The van der Waals surface area contributed by atoms with Crippen LogP contribution in [0.25, 0.3) is 0 Å². The maximum Gasteiger partial charge on any atom is 0.161 e. The number of ketones is 4. The fourth-order valence-corrected chi connectivity index (χ4v) is 13.9. The van der Waals surface area contributed by atoms with E-state index in [1.807, 2.05) is 0 Å². The Hall–Kier alpha value is -5.24. The molecule has 0 radical (unpaired) electrons. The largest absolute Gasteiger partial charge is 0.348 e. The summed E-state index contributed by atoms with van der Waals surface area (Å²) in [6, 6.07) is 17.4. The van der Waals surface area contributed by atoms with Gasteiger partial charge in [-0.15, -0.1) is 0 Å². The van der Waals surface area contributed by atoms with Crippen molar-refractivity contribution in [1.82, 2.24) is 0 Å². The van der Waals surface area contributed by atoms with Crippen LogP contribution < -0.4 is 19.6 Å². The molecule has 0 saturated heterocycles. The van der Waals surface area contributed by atoms with Gasteiger partial charge < -0.3 is 19.6 Å². The second kappa shape index (κ2) is 33.7. The summed E-state index contributed by atoms with van der Waals surface area (Å²) in [6.07, 6.45) is 39.7. The van der Waals surface area contributed by atoms with Gasteiger partial charge in [0.25, 0.3) is 0 Å². The third-order valence-corrected chi connectivity index (χ3v) is 20.5. The molecule has 0 amide bonds. The minimum atomic E-state index is -0.187. The zero-order chi connectivity index (χ0) is 64.2. The van der Waals surface area contributed by atoms with Crippen molar-refractivity contribution in [3.8, 4) is 0 Å². The van der Waals surface area contributed by atoms with Crippen molar-refractivity contribution in [3.05, 3.63) is 119 Å². The van der Waals surface area contributed by atoms with E-state index < -0.39 is 0 Å². The Balaban J connectivity index is 0.966. The molecule has 4 aliphatic rings. The van der Waals surface area contributed by atoms with E-state index in [-0.39, 0.29) is 44.9 Å². The molecule has 8 heteroatoms. The van der Waals surface area contributed by atoms with Crippen LogP contribution in [0, 0.1) is 39.4 Å². The van der Waals surface area contributed by atoms with Gasteiger partial charge in [0.2, 0.25) is 0 Å². The number of benzene rings is 2. The van der Waals surface area contributed by atoms with Crippen LogP contribution in [0.15, 0.2) is 119 Å². The van der Waals surface area contributed by atoms with Gasteiger partial charge in [-0.3, -0.25) is 19.2 Å². The highest BCUT2D eigenvalue weighted by Gasteiger charge is 2.37. The zero-order valence-corrected chi connectivity index (χ0v) is 58.5. The molecule has 88 heavy (non-hydrogen) atoms. The number of Topliss-reactive ketones (excluding diaryl/α,β-unsaturated/α-hetero) is 4. The first-order valence-electron chi connectivity index (χ1n) is 35.3. The summed E-state index contributed by atoms with van der Waals surface area (Å²) >= 11 is 0. The van der Waals surface area contributed by atoms with E-state index in [0.29, 0.717) is 43.3 Å². The number of unbranched alkanes of at least 4 members (excludes halogenated alkanes) is 8. The van der Waals surface area contributed by atoms with Crippen molar-refractivity contribution in [2.75, 3.05) is 45.8 Å². The summed E-state index contributed by atoms with van der Waals surface area (Å²) in [4.78, 5) is 64.7. The summed E-state index contributed by atoms with van der Waals surface area (Å²) < 4.78 is 0. The van der Waals surface area contributed by atoms with E-state index in [0.717, 1.165) is 161 Å². The van der Waals surface area contributed by atoms with Gasteiger partial charge in [-0.25, -0.2) is 0 Å². The fourth-order valence-electron chi connectivity index (χ4n) is 13.9. The highest BCUT2D eigenvalue weighted by Crippen LogP contribution is 2.43. The number of hydrogen-bond donors (Lipinski definition) is 0. The predicted octanol–water partition coefficient (Wildman–Crippen LogP) is 21.6. The number of hydrogen-bond acceptors (Lipinski definition) is 8. The van der Waals surface area contributed by atoms with Gasteiger partial charge in [-0.2, -0.15) is 0 Å². The number of allylic oxidation sites excluding steroid dienone is 8. The standard InChI is InChI=1S/C80H122N4O4/c1-16-18-20-21-22-23-24-35-73(85)69-56-81(49-45-77(69,8)9)65-37-39-66(40-38-65)82-50-46-78(10,11)70(57-82)74(86)36-26-25-34-64(33-19-17-2)53-61(5)31-28-32-63(7)55-76(88)72-59-84(52-48-80(72,14)15)68-43-41-67(42-44-68)83-51-47-79(12,13)71(58-83)75(87)54-62(6)30-27-29-60(3)4/h29,31,37-44,56-59,62-64H,16-28,30,32-36,45-55H2,1-15H3/b61-31+. The molecule has 0 saturated carbocycles. The van der Waals surface area contributed by atoms with Crippen LogP contribution in [-0.4, -0.2) is 49.3 Å². The molecule has 4 aliphatic heterocycles. The Bertz CT molecular complexity index is 2790. The number of carbonyl (C=O) groups excluding carboxylic acids is 4. The molecule has 3 unspecified atom stereocenters. The van der Waals surface area contributed by atoms with Gasteiger partial charge in [-0.1, -0.05) is 177 Å². The second-order valence-electron chi connectivity index (χ2n) is 30.6. The van der Waals surface area contributed by atoms with Gasteiger partial charge in [-0.05, 0) is 179 Å². The quantitative estimate of drug-likeness (QED) is 0.0493. The molecule has 486 valence electrons. The maximum absolute atomic E-state index is 14.2. The predicted molar refractivity (Wildman–Crippen MR) is 376 cm³/mol. The topological polar surface area (TPSA) is 81.2 Å². The molecule has 4 heterocycles. The average Bonchev–Trinajstić information content (AvgIpc) is 2.38. The van der Waals surface area contributed by atoms with Crippen molar-refractivity contribution in [2.24, 2.45) is 39.4 Å². The van der Waals surface area contributed by atoms with Crippen LogP contribution >= 0.6 is 0 Å². The Kier molecular flexibility index (Phi) is 27.5. The van der Waals surface area contributed by atoms with Gasteiger partial charge in [0.1, 0.15) is 0 Å². The lowest BCUT2D eigenvalue weighted by Gasteiger charge is -2.38. The highest BCUT2D eigenvalue weighted by atomic mass is 16.1. The van der Waals surface area contributed by atoms with E-state index >= 15 is 0 Å². The van der Waals surface area contributed by atoms with Crippen molar-refractivity contribution in [3.63, 3.8) is 0 Å². The minimum absolute atomic E-state index is 0.122. The molecule has 0 aromatic heterocycles. The molecule has 0 spiro atoms. The van der Waals surface area contributed by atoms with Crippen LogP contribution in [0.4, 0.5) is 22.7 Å². The molecule has 0 fully saturated rings. The van der Waals surface area contributed by atoms with Gasteiger partial charge in [0, 0.05) is 122 Å². The molecule has 2 aromatic rings. The van der Waals surface area contributed by atoms with Crippen LogP contribution in [0.5, 0.6) is 0 Å². The SMILES string of the molecule is CCCCCCCCCC(=O)C1=CN(c2ccc(N3C=C(C(=O)CCCCC(CCCC)C/C(C)=C/CCC(C)CC(=O)C4=CN(c5ccc(N6C=C(C(=O)CC(C)CCC=C(C)C)C(C)(C)CC6)cc5)CCC4(C)C)C(C)(C)CC3)cc2)CCC1(C)C. The van der Waals surface area contributed by atoms with Crippen LogP contribution in [-0.2, 0) is 19.2 Å². The van der Waals surface area contributed by atoms with Crippen LogP contribution in [0.2, 0.25) is 0 Å². The molecule has 2 aromatic carbocycles. The number of rotatable bonds is 36. The highest BCUT2D eigenvalue weighted by molar-refractivity contribution is 5.99. The third-order valence-electron chi connectivity index (χ3n) is 20.5. The fraction of sp³-hybridized carbons (Fsp3) is 0.650. The molecular weight excluding hydrogens is 1080 g/mol. The van der Waals surface area contributed by atoms with Gasteiger partial charge >= 0.3 is 0 Å². The summed E-state index contributed by atoms with van der Waals surface area (Å²) in [5.74, 6) is 2.37. The van der Waals surface area contributed by atoms with E-state index in [1.165, 1.54) is 62.5 Å². The lowest BCUT2D eigenvalue weighted by atomic mass is 9.75. The van der Waals surface area contributed by atoms with Crippen LogP contribution in [0.1, 0.15) is 271 Å². The molecule has 0 N–H and O–H groups in total. The van der Waals surface area contributed by atoms with E-state index in [1.54, 1.807) is 0 Å². The number of anilines is 4. The number of nitrogens with zero attached hydrogens (tertiary/aromatic N) is 4. The molecule has 8 nitrogen and oxygen atoms in total. The Morgan fingerprint density at radius 3 is 1.09 bits per heavy atom. The lowest BCUT2D eigenvalue weighted by Crippen LogP contribution is -2.36. The van der Waals surface area contributed by atoms with E-state index in [9.17, 15) is 19.2 Å². The molecule has 6 rings (SSSR count). The third kappa shape index (κ3) is 21.5. The van der Waals surface area contributed by atoms with Crippen molar-refractivity contribution in [2.45, 2.75) is 271 Å². The first kappa shape index (κ1) is 71.8. The van der Waals surface area contributed by atoms with E-state index in [4.69, 9.17) is 0 Å². The van der Waals surface area contributed by atoms with E-state index in [2.05, 4.69) is 209 Å². The first-order valence-corrected chi connectivity index (χ1v) is 35.3. The monoisotopic (exact) mass is 1200 g/mol. The first-order chi connectivity index (χ1) is 41.7. The average molecular weight is 1200 g/mol. The molecule has 0 bridgehead atoms. The van der Waals surface area contributed by atoms with Crippen molar-refractivity contribution < 1.29 is 19.2 Å². The summed E-state index contributed by atoms with van der Waals surface area (Å²) in [7, 11) is 0. The molecule has 3 atom stereocenters. The summed E-state index contributed by atoms with van der Waals surface area (Å²) in [5, 5.41) is 0. The normalized spacial score (nSPS) is 19.2. The van der Waals surface area contributed by atoms with Gasteiger partial charge in [0.15, 0.2) is 23.1 Å². The van der Waals surface area contributed by atoms with Crippen molar-refractivity contribution >= 4 is 45.9 Å². The summed E-state index contributed by atoms with van der Waals surface area (Å²) in [6.45, 7) is 36.8. The Morgan fingerprint density at radius 2 is 0.727 bits per heavy atom. The minimum Gasteiger partial charge on any atom is -0.348 e. The van der Waals surface area contributed by atoms with Crippen molar-refractivity contribution in [1.29, 1.82) is 0 Å². The molecule has 0 aliphatic carbocycles. The Morgan fingerprint density at radius 1 is 0.409 bits per heavy atom. The van der Waals surface area contributed by atoms with Crippen LogP contribution in [0.3, 0.4) is 0 Å². The maximum atomic E-state index is 14.2. The Labute approximate surface area is 537 Å². The zero-order valence-electron chi connectivity index (χ0n) is 58.5. The smallest absolute Gasteiger partial charge is 0.161 e. The lowest BCUT2D eigenvalue weighted by molar-refractivity contribution is -0.118. The van der Waals surface area contributed by atoms with Gasteiger partial charge in [0.05, 0.1) is 0 Å². The summed E-state index contributed by atoms with van der Waals surface area (Å²) in [5.41, 5.74) is 10.3.